The number of aromatic nitrogens is 3. The van der Waals surface area contributed by atoms with Crippen LogP contribution in [0.2, 0.25) is 0 Å². The van der Waals surface area contributed by atoms with Crippen LogP contribution >= 0.6 is 11.3 Å². The summed E-state index contributed by atoms with van der Waals surface area (Å²) in [5.41, 5.74) is 1.44. The summed E-state index contributed by atoms with van der Waals surface area (Å²) < 4.78 is 0. The first kappa shape index (κ1) is 13.7. The van der Waals surface area contributed by atoms with Crippen molar-refractivity contribution in [1.82, 2.24) is 20.5 Å². The molecular weight excluding hydrogens is 260 g/mol. The average molecular weight is 278 g/mol. The molecule has 6 heteroatoms. The van der Waals surface area contributed by atoms with E-state index < -0.39 is 0 Å². The average Bonchev–Trinajstić information content (AvgIpc) is 2.95. The molecule has 0 atom stereocenters. The van der Waals surface area contributed by atoms with Crippen LogP contribution in [0.15, 0.2) is 12.3 Å². The van der Waals surface area contributed by atoms with Gasteiger partial charge in [0.05, 0.1) is 11.6 Å². The maximum atomic E-state index is 11.9. The number of H-pyrrole nitrogens is 1. The highest BCUT2D eigenvalue weighted by molar-refractivity contribution is 7.11. The second-order valence-electron chi connectivity index (χ2n) is 4.90. The van der Waals surface area contributed by atoms with Crippen molar-refractivity contribution in [1.29, 1.82) is 0 Å². The molecule has 0 aromatic carbocycles. The van der Waals surface area contributed by atoms with Gasteiger partial charge in [-0.15, -0.1) is 11.3 Å². The van der Waals surface area contributed by atoms with Gasteiger partial charge in [0.25, 0.3) is 5.91 Å². The molecule has 2 rings (SSSR count). The number of aryl methyl sites for hydroxylation is 1. The third kappa shape index (κ3) is 3.89. The van der Waals surface area contributed by atoms with Gasteiger partial charge in [-0.2, -0.15) is 5.10 Å². The predicted octanol–water partition coefficient (Wildman–Crippen LogP) is 2.30. The molecule has 5 nitrogen and oxygen atoms in total. The van der Waals surface area contributed by atoms with Gasteiger partial charge in [-0.05, 0) is 25.3 Å². The zero-order chi connectivity index (χ0) is 13.8. The molecule has 0 saturated carbocycles. The lowest BCUT2D eigenvalue weighted by molar-refractivity contribution is 0.0946. The molecule has 2 aromatic heterocycles. The molecule has 2 heterocycles. The normalized spacial score (nSPS) is 10.9. The molecule has 1 amide bonds. The first-order valence-corrected chi connectivity index (χ1v) is 7.10. The third-order valence-corrected chi connectivity index (χ3v) is 3.50. The van der Waals surface area contributed by atoms with E-state index in [0.717, 1.165) is 22.0 Å². The van der Waals surface area contributed by atoms with E-state index in [0.29, 0.717) is 18.2 Å². The Hall–Kier alpha value is -1.69. The summed E-state index contributed by atoms with van der Waals surface area (Å²) in [6.07, 6.45) is 2.68. The fourth-order valence-electron chi connectivity index (χ4n) is 1.77. The monoisotopic (exact) mass is 278 g/mol. The van der Waals surface area contributed by atoms with E-state index in [1.54, 1.807) is 17.5 Å². The number of hydrogen-bond acceptors (Lipinski definition) is 4. The van der Waals surface area contributed by atoms with Gasteiger partial charge in [0.2, 0.25) is 0 Å². The van der Waals surface area contributed by atoms with E-state index in [1.165, 1.54) is 0 Å². The number of carbonyl (C=O) groups is 1. The molecule has 0 saturated heterocycles. The summed E-state index contributed by atoms with van der Waals surface area (Å²) in [5.74, 6) is 0.383. The largest absolute Gasteiger partial charge is 0.346 e. The maximum absolute atomic E-state index is 11.9. The molecule has 0 aliphatic rings. The zero-order valence-corrected chi connectivity index (χ0v) is 12.2. The molecular formula is C13H18N4OS. The van der Waals surface area contributed by atoms with Gasteiger partial charge in [-0.25, -0.2) is 4.98 Å². The van der Waals surface area contributed by atoms with Crippen molar-refractivity contribution in [2.45, 2.75) is 33.7 Å². The molecule has 0 aliphatic heterocycles. The smallest absolute Gasteiger partial charge is 0.272 e. The van der Waals surface area contributed by atoms with Gasteiger partial charge < -0.3 is 5.32 Å². The van der Waals surface area contributed by atoms with E-state index in [9.17, 15) is 4.79 Å². The summed E-state index contributed by atoms with van der Waals surface area (Å²) in [4.78, 5) is 17.1. The van der Waals surface area contributed by atoms with Crippen LogP contribution in [0.25, 0.3) is 0 Å². The highest BCUT2D eigenvalue weighted by Gasteiger charge is 2.11. The Balaban J connectivity index is 1.90. The SMILES string of the molecule is Cc1ncc(CNC(=O)c2cc(CC(C)C)[nH]n2)s1. The Bertz CT molecular complexity index is 558. The quantitative estimate of drug-likeness (QED) is 0.881. The number of thiazole rings is 1. The molecule has 0 unspecified atom stereocenters. The summed E-state index contributed by atoms with van der Waals surface area (Å²) >= 11 is 1.58. The fourth-order valence-corrected chi connectivity index (χ4v) is 2.50. The number of nitrogens with zero attached hydrogens (tertiary/aromatic N) is 2. The highest BCUT2D eigenvalue weighted by atomic mass is 32.1. The van der Waals surface area contributed by atoms with Crippen LogP contribution in [-0.4, -0.2) is 21.1 Å². The van der Waals surface area contributed by atoms with Crippen LogP contribution in [-0.2, 0) is 13.0 Å². The van der Waals surface area contributed by atoms with Crippen LogP contribution < -0.4 is 5.32 Å². The number of nitrogens with one attached hydrogen (secondary N) is 2. The van der Waals surface area contributed by atoms with Gasteiger partial charge >= 0.3 is 0 Å². The second kappa shape index (κ2) is 5.97. The van der Waals surface area contributed by atoms with Crippen LogP contribution in [0.5, 0.6) is 0 Å². The Kier molecular flexibility index (Phi) is 4.31. The van der Waals surface area contributed by atoms with E-state index in [2.05, 4.69) is 34.3 Å². The van der Waals surface area contributed by atoms with E-state index in [4.69, 9.17) is 0 Å². The van der Waals surface area contributed by atoms with Crippen LogP contribution in [0, 0.1) is 12.8 Å². The lowest BCUT2D eigenvalue weighted by Crippen LogP contribution is -2.22. The van der Waals surface area contributed by atoms with Crippen molar-refractivity contribution in [3.05, 3.63) is 33.5 Å². The maximum Gasteiger partial charge on any atom is 0.272 e. The van der Waals surface area contributed by atoms with Gasteiger partial charge in [0.1, 0.15) is 5.69 Å². The summed E-state index contributed by atoms with van der Waals surface area (Å²) in [7, 11) is 0. The Morgan fingerprint density at radius 1 is 1.53 bits per heavy atom. The van der Waals surface area contributed by atoms with Gasteiger partial charge in [-0.3, -0.25) is 9.89 Å². The van der Waals surface area contributed by atoms with Crippen molar-refractivity contribution in [2.24, 2.45) is 5.92 Å². The minimum atomic E-state index is -0.155. The minimum Gasteiger partial charge on any atom is -0.346 e. The molecule has 0 bridgehead atoms. The Morgan fingerprint density at radius 2 is 2.32 bits per heavy atom. The Labute approximate surface area is 116 Å². The molecule has 0 spiro atoms. The van der Waals surface area contributed by atoms with Gasteiger partial charge in [0, 0.05) is 16.8 Å². The number of aromatic amines is 1. The fraction of sp³-hybridized carbons (Fsp3) is 0.462. The molecule has 0 radical (unpaired) electrons. The lowest BCUT2D eigenvalue weighted by Gasteiger charge is -2.00. The van der Waals surface area contributed by atoms with Crippen LogP contribution in [0.3, 0.4) is 0 Å². The number of hydrogen-bond donors (Lipinski definition) is 2. The summed E-state index contributed by atoms with van der Waals surface area (Å²) in [6, 6.07) is 1.81. The lowest BCUT2D eigenvalue weighted by atomic mass is 10.1. The summed E-state index contributed by atoms with van der Waals surface area (Å²) in [5, 5.41) is 10.8. The summed E-state index contributed by atoms with van der Waals surface area (Å²) in [6.45, 7) is 6.71. The molecule has 0 fully saturated rings. The van der Waals surface area contributed by atoms with Crippen molar-refractivity contribution in [3.63, 3.8) is 0 Å². The first-order valence-electron chi connectivity index (χ1n) is 6.28. The van der Waals surface area contributed by atoms with E-state index in [-0.39, 0.29) is 5.91 Å². The van der Waals surface area contributed by atoms with Crippen molar-refractivity contribution in [3.8, 4) is 0 Å². The number of rotatable bonds is 5. The van der Waals surface area contributed by atoms with E-state index >= 15 is 0 Å². The minimum absolute atomic E-state index is 0.155. The zero-order valence-electron chi connectivity index (χ0n) is 11.4. The number of amides is 1. The van der Waals surface area contributed by atoms with Crippen LogP contribution in [0.4, 0.5) is 0 Å². The highest BCUT2D eigenvalue weighted by Crippen LogP contribution is 2.11. The third-order valence-electron chi connectivity index (χ3n) is 2.58. The standard InChI is InChI=1S/C13H18N4OS/c1-8(2)4-10-5-12(17-16-10)13(18)15-7-11-6-14-9(3)19-11/h5-6,8H,4,7H2,1-3H3,(H,15,18)(H,16,17). The number of carbonyl (C=O) groups excluding carboxylic acids is 1. The van der Waals surface area contributed by atoms with Gasteiger partial charge in [-0.1, -0.05) is 13.8 Å². The van der Waals surface area contributed by atoms with Crippen LogP contribution in [0.1, 0.15) is 39.9 Å². The first-order chi connectivity index (χ1) is 9.04. The second-order valence-corrected chi connectivity index (χ2v) is 6.22. The molecule has 2 N–H and O–H groups in total. The van der Waals surface area contributed by atoms with E-state index in [1.807, 2.05) is 13.0 Å². The predicted molar refractivity (Wildman–Crippen MR) is 75.2 cm³/mol. The Morgan fingerprint density at radius 3 is 2.95 bits per heavy atom. The van der Waals surface area contributed by atoms with Crippen molar-refractivity contribution in [2.75, 3.05) is 0 Å². The van der Waals surface area contributed by atoms with Crippen molar-refractivity contribution < 1.29 is 4.79 Å². The molecule has 102 valence electrons. The molecule has 2 aromatic rings. The molecule has 0 aliphatic carbocycles. The van der Waals surface area contributed by atoms with Crippen molar-refractivity contribution >= 4 is 17.2 Å². The van der Waals surface area contributed by atoms with Gasteiger partial charge in [0.15, 0.2) is 0 Å². The molecule has 19 heavy (non-hydrogen) atoms. The topological polar surface area (TPSA) is 70.7 Å².